The molecule has 2 N–H and O–H groups in total. The molecule has 0 unspecified atom stereocenters. The number of nitrogens with one attached hydrogen (secondary N) is 2. The zero-order chi connectivity index (χ0) is 22.3. The largest absolute Gasteiger partial charge is 0.356 e. The average molecular weight is 436 g/mol. The van der Waals surface area contributed by atoms with E-state index in [0.717, 1.165) is 62.1 Å². The van der Waals surface area contributed by atoms with E-state index in [1.807, 2.05) is 18.5 Å². The summed E-state index contributed by atoms with van der Waals surface area (Å²) >= 11 is 0. The van der Waals surface area contributed by atoms with Crippen molar-refractivity contribution in [3.8, 4) is 5.69 Å². The van der Waals surface area contributed by atoms with E-state index < -0.39 is 0 Å². The van der Waals surface area contributed by atoms with Crippen LogP contribution < -0.4 is 15.5 Å². The zero-order valence-corrected chi connectivity index (χ0v) is 18.6. The van der Waals surface area contributed by atoms with E-state index >= 15 is 0 Å². The Morgan fingerprint density at radius 3 is 2.59 bits per heavy atom. The third-order valence-corrected chi connectivity index (χ3v) is 5.69. The van der Waals surface area contributed by atoms with E-state index in [2.05, 4.69) is 49.7 Å². The summed E-state index contributed by atoms with van der Waals surface area (Å²) in [6.07, 6.45) is 6.67. The van der Waals surface area contributed by atoms with Crippen LogP contribution in [-0.2, 0) is 6.42 Å². The molecule has 168 valence electrons. The number of hydrogen-bond donors (Lipinski definition) is 2. The maximum absolute atomic E-state index is 13.1. The first-order chi connectivity index (χ1) is 15.6. The van der Waals surface area contributed by atoms with Gasteiger partial charge in [0.05, 0.1) is 11.4 Å². The van der Waals surface area contributed by atoms with Gasteiger partial charge in [0.1, 0.15) is 11.6 Å². The van der Waals surface area contributed by atoms with Crippen LogP contribution >= 0.6 is 0 Å². The molecule has 0 atom stereocenters. The third kappa shape index (κ3) is 5.63. The minimum absolute atomic E-state index is 0.248. The van der Waals surface area contributed by atoms with Gasteiger partial charge in [-0.2, -0.15) is 5.10 Å². The van der Waals surface area contributed by atoms with Gasteiger partial charge in [0.15, 0.2) is 5.96 Å². The molecule has 0 bridgehead atoms. The third-order valence-electron chi connectivity index (χ3n) is 5.69. The minimum atomic E-state index is -0.248. The number of rotatable bonds is 6. The van der Waals surface area contributed by atoms with Gasteiger partial charge in [0.25, 0.3) is 0 Å². The molecule has 7 nitrogen and oxygen atoms in total. The van der Waals surface area contributed by atoms with Gasteiger partial charge in [0.2, 0.25) is 0 Å². The van der Waals surface area contributed by atoms with Crippen molar-refractivity contribution in [3.63, 3.8) is 0 Å². The maximum Gasteiger partial charge on any atom is 0.191 e. The van der Waals surface area contributed by atoms with Crippen molar-refractivity contribution in [1.29, 1.82) is 0 Å². The highest BCUT2D eigenvalue weighted by molar-refractivity contribution is 5.80. The maximum atomic E-state index is 13.1. The Labute approximate surface area is 188 Å². The molecule has 0 radical (unpaired) electrons. The highest BCUT2D eigenvalue weighted by Crippen LogP contribution is 2.18. The Morgan fingerprint density at radius 2 is 1.91 bits per heavy atom. The molecule has 1 aromatic carbocycles. The topological polar surface area (TPSA) is 70.4 Å². The smallest absolute Gasteiger partial charge is 0.191 e. The first kappa shape index (κ1) is 21.8. The lowest BCUT2D eigenvalue weighted by Crippen LogP contribution is -2.49. The van der Waals surface area contributed by atoms with Crippen LogP contribution in [0.4, 0.5) is 10.2 Å². The molecule has 1 fully saturated rings. The van der Waals surface area contributed by atoms with E-state index in [1.54, 1.807) is 23.9 Å². The zero-order valence-electron chi connectivity index (χ0n) is 18.6. The summed E-state index contributed by atoms with van der Waals surface area (Å²) in [4.78, 5) is 11.3. The Bertz CT molecular complexity index is 1020. The number of aliphatic imine (C=N–C) groups is 1. The number of guanidine groups is 1. The lowest BCUT2D eigenvalue weighted by molar-refractivity contribution is 0.459. The van der Waals surface area contributed by atoms with E-state index in [1.165, 1.54) is 17.7 Å². The second kappa shape index (κ2) is 10.3. The highest BCUT2D eigenvalue weighted by Gasteiger charge is 2.20. The van der Waals surface area contributed by atoms with Crippen molar-refractivity contribution in [2.75, 3.05) is 31.6 Å². The van der Waals surface area contributed by atoms with Gasteiger partial charge in [-0.05, 0) is 61.7 Å². The van der Waals surface area contributed by atoms with Crippen LogP contribution in [-0.4, -0.2) is 53.4 Å². The fourth-order valence-corrected chi connectivity index (χ4v) is 3.83. The quantitative estimate of drug-likeness (QED) is 0.460. The number of hydrogen-bond acceptors (Lipinski definition) is 4. The number of aromatic nitrogens is 3. The van der Waals surface area contributed by atoms with Gasteiger partial charge >= 0.3 is 0 Å². The molecule has 8 heteroatoms. The summed E-state index contributed by atoms with van der Waals surface area (Å²) in [5.41, 5.74) is 2.99. The van der Waals surface area contributed by atoms with Gasteiger partial charge in [-0.25, -0.2) is 14.1 Å². The molecule has 0 aliphatic carbocycles. The van der Waals surface area contributed by atoms with Crippen LogP contribution in [0.15, 0.2) is 59.9 Å². The van der Waals surface area contributed by atoms with Crippen LogP contribution in [0.1, 0.15) is 24.1 Å². The first-order valence-electron chi connectivity index (χ1n) is 11.1. The molecule has 32 heavy (non-hydrogen) atoms. The molecule has 0 saturated carbocycles. The Kier molecular flexibility index (Phi) is 6.99. The van der Waals surface area contributed by atoms with Crippen molar-refractivity contribution < 1.29 is 4.39 Å². The van der Waals surface area contributed by atoms with Gasteiger partial charge < -0.3 is 15.5 Å². The van der Waals surface area contributed by atoms with Crippen LogP contribution in [0.5, 0.6) is 0 Å². The number of anilines is 1. The Hall–Kier alpha value is -3.42. The average Bonchev–Trinajstić information content (AvgIpc) is 3.29. The summed E-state index contributed by atoms with van der Waals surface area (Å²) < 4.78 is 14.9. The van der Waals surface area contributed by atoms with Crippen molar-refractivity contribution in [3.05, 3.63) is 71.9 Å². The molecule has 3 aromatic rings. The van der Waals surface area contributed by atoms with Crippen molar-refractivity contribution in [1.82, 2.24) is 25.4 Å². The number of piperidine rings is 1. The second-order valence-corrected chi connectivity index (χ2v) is 8.08. The summed E-state index contributed by atoms with van der Waals surface area (Å²) in [5, 5.41) is 11.5. The van der Waals surface area contributed by atoms with Crippen molar-refractivity contribution in [2.45, 2.75) is 32.2 Å². The standard InChI is InChI=1S/C24H30FN7/c1-18-3-8-23(28-17-18)31-14-10-20(11-15-31)29-24(26-2)27-13-9-21-12-16-32(30-21)22-6-4-19(25)5-7-22/h3-8,12,16-17,20H,9-11,13-15H2,1-2H3,(H2,26,27,29). The second-order valence-electron chi connectivity index (χ2n) is 8.08. The normalized spacial score (nSPS) is 15.1. The molecule has 1 aliphatic heterocycles. The number of nitrogens with zero attached hydrogens (tertiary/aromatic N) is 5. The van der Waals surface area contributed by atoms with Gasteiger partial charge in [-0.1, -0.05) is 6.07 Å². The fourth-order valence-electron chi connectivity index (χ4n) is 3.83. The lowest BCUT2D eigenvalue weighted by atomic mass is 10.1. The molecule has 3 heterocycles. The van der Waals surface area contributed by atoms with Crippen molar-refractivity contribution in [2.24, 2.45) is 4.99 Å². The fraction of sp³-hybridized carbons (Fsp3) is 0.375. The molecule has 4 rings (SSSR count). The highest BCUT2D eigenvalue weighted by atomic mass is 19.1. The molecular weight excluding hydrogens is 405 g/mol. The SMILES string of the molecule is CN=C(NCCc1ccn(-c2ccc(F)cc2)n1)NC1CCN(c2ccc(C)cn2)CC1. The van der Waals surface area contributed by atoms with Crippen LogP contribution in [0.3, 0.4) is 0 Å². The molecule has 0 amide bonds. The van der Waals surface area contributed by atoms with E-state index in [-0.39, 0.29) is 5.82 Å². The van der Waals surface area contributed by atoms with Crippen molar-refractivity contribution >= 4 is 11.8 Å². The van der Waals surface area contributed by atoms with E-state index in [9.17, 15) is 4.39 Å². The molecule has 2 aromatic heterocycles. The molecular formula is C24H30FN7. The van der Waals surface area contributed by atoms with E-state index in [4.69, 9.17) is 0 Å². The number of halogens is 1. The number of pyridine rings is 1. The molecule has 1 aliphatic rings. The molecule has 1 saturated heterocycles. The number of benzene rings is 1. The number of aryl methyl sites for hydroxylation is 1. The Morgan fingerprint density at radius 1 is 1.12 bits per heavy atom. The summed E-state index contributed by atoms with van der Waals surface area (Å²) in [6.45, 7) is 4.74. The predicted molar refractivity (Wildman–Crippen MR) is 126 cm³/mol. The van der Waals surface area contributed by atoms with Crippen LogP contribution in [0.2, 0.25) is 0 Å². The molecule has 0 spiro atoms. The monoisotopic (exact) mass is 435 g/mol. The van der Waals surface area contributed by atoms with Gasteiger partial charge in [-0.15, -0.1) is 0 Å². The summed E-state index contributed by atoms with van der Waals surface area (Å²) in [6, 6.07) is 12.9. The summed E-state index contributed by atoms with van der Waals surface area (Å²) in [7, 11) is 1.80. The van der Waals surface area contributed by atoms with E-state index in [0.29, 0.717) is 6.04 Å². The van der Waals surface area contributed by atoms with Gasteiger partial charge in [0, 0.05) is 51.5 Å². The predicted octanol–water partition coefficient (Wildman–Crippen LogP) is 3.09. The van der Waals surface area contributed by atoms with Crippen LogP contribution in [0.25, 0.3) is 5.69 Å². The van der Waals surface area contributed by atoms with Gasteiger partial charge in [-0.3, -0.25) is 4.99 Å². The van der Waals surface area contributed by atoms with Crippen LogP contribution in [0, 0.1) is 12.7 Å². The lowest BCUT2D eigenvalue weighted by Gasteiger charge is -2.33. The minimum Gasteiger partial charge on any atom is -0.356 e. The first-order valence-corrected chi connectivity index (χ1v) is 11.1. The Balaban J connectivity index is 1.21. The summed E-state index contributed by atoms with van der Waals surface area (Å²) in [5.74, 6) is 1.62.